The molecule has 10 heteroatoms. The molecule has 4 rings (SSSR count). The first-order valence-electron chi connectivity index (χ1n) is 10.5. The minimum atomic E-state index is -1.10. The van der Waals surface area contributed by atoms with Gasteiger partial charge < -0.3 is 14.8 Å². The van der Waals surface area contributed by atoms with Gasteiger partial charge in [-0.3, -0.25) is 19.3 Å². The lowest BCUT2D eigenvalue weighted by atomic mass is 10.1. The first-order valence-corrected chi connectivity index (χ1v) is 10.5. The molecule has 0 aromatic heterocycles. The Hall–Kier alpha value is -4.34. The second kappa shape index (κ2) is 10.3. The van der Waals surface area contributed by atoms with Gasteiger partial charge in [0.15, 0.2) is 30.6 Å². The first kappa shape index (κ1) is 23.8. The fourth-order valence-electron chi connectivity index (χ4n) is 3.35. The predicted molar refractivity (Wildman–Crippen MR) is 119 cm³/mol. The van der Waals surface area contributed by atoms with Crippen LogP contribution in [0.2, 0.25) is 0 Å². The van der Waals surface area contributed by atoms with Crippen molar-refractivity contribution >= 4 is 23.3 Å². The number of hydrogen-bond donors (Lipinski definition) is 1. The van der Waals surface area contributed by atoms with Crippen molar-refractivity contribution in [3.8, 4) is 11.5 Å². The van der Waals surface area contributed by atoms with E-state index in [1.807, 2.05) is 0 Å². The largest absolute Gasteiger partial charge is 0.485 e. The number of carbonyl (C=O) groups is 3. The van der Waals surface area contributed by atoms with Gasteiger partial charge in [-0.1, -0.05) is 12.1 Å². The Morgan fingerprint density at radius 1 is 0.971 bits per heavy atom. The summed E-state index contributed by atoms with van der Waals surface area (Å²) >= 11 is 0. The second-order valence-corrected chi connectivity index (χ2v) is 7.64. The van der Waals surface area contributed by atoms with Crippen LogP contribution in [0.5, 0.6) is 11.5 Å². The van der Waals surface area contributed by atoms with E-state index in [1.54, 1.807) is 0 Å². The van der Waals surface area contributed by atoms with Crippen LogP contribution < -0.4 is 19.7 Å². The highest BCUT2D eigenvalue weighted by atomic mass is 19.2. The summed E-state index contributed by atoms with van der Waals surface area (Å²) in [6, 6.07) is 12.9. The monoisotopic (exact) mass is 484 g/mol. The zero-order valence-electron chi connectivity index (χ0n) is 18.2. The van der Waals surface area contributed by atoms with Crippen molar-refractivity contribution in [2.45, 2.75) is 6.54 Å². The second-order valence-electron chi connectivity index (χ2n) is 7.64. The summed E-state index contributed by atoms with van der Waals surface area (Å²) in [5, 5.41) is 2.66. The Morgan fingerprint density at radius 2 is 1.74 bits per heavy atom. The van der Waals surface area contributed by atoms with Gasteiger partial charge in [-0.05, 0) is 48.0 Å². The van der Waals surface area contributed by atoms with Gasteiger partial charge in [0.25, 0.3) is 5.91 Å². The van der Waals surface area contributed by atoms with Crippen LogP contribution in [0.15, 0.2) is 60.7 Å². The lowest BCUT2D eigenvalue weighted by molar-refractivity contribution is -0.125. The molecule has 0 radical (unpaired) electrons. The van der Waals surface area contributed by atoms with E-state index in [0.29, 0.717) is 11.3 Å². The van der Waals surface area contributed by atoms with Crippen LogP contribution in [-0.4, -0.2) is 37.4 Å². The van der Waals surface area contributed by atoms with Crippen molar-refractivity contribution in [2.75, 3.05) is 24.7 Å². The quantitative estimate of drug-likeness (QED) is 0.496. The van der Waals surface area contributed by atoms with Gasteiger partial charge in [0.05, 0.1) is 5.69 Å². The summed E-state index contributed by atoms with van der Waals surface area (Å²) in [6.07, 6.45) is 0. The third kappa shape index (κ3) is 5.78. The maximum absolute atomic E-state index is 13.3. The Morgan fingerprint density at radius 3 is 2.49 bits per heavy atom. The third-order valence-electron chi connectivity index (χ3n) is 5.19. The van der Waals surface area contributed by atoms with Crippen LogP contribution in [-0.2, 0) is 16.1 Å². The molecule has 0 spiro atoms. The van der Waals surface area contributed by atoms with E-state index in [1.165, 1.54) is 53.4 Å². The highest BCUT2D eigenvalue weighted by molar-refractivity contribution is 6.04. The number of rotatable bonds is 8. The standard InChI is InChI=1S/C25H19F3N2O5/c26-17-4-1-15(2-5-17)11-29-24(32)12-30-21-9-16(3-8-23(21)35-14-25(30)33)22(31)13-34-18-6-7-19(27)20(28)10-18/h1-10H,11-14H2,(H,29,32). The maximum atomic E-state index is 13.3. The van der Waals surface area contributed by atoms with Crippen molar-refractivity contribution in [1.29, 1.82) is 0 Å². The van der Waals surface area contributed by atoms with E-state index >= 15 is 0 Å². The molecule has 0 saturated carbocycles. The van der Waals surface area contributed by atoms with Crippen LogP contribution in [0.4, 0.5) is 18.9 Å². The van der Waals surface area contributed by atoms with Crippen LogP contribution in [0, 0.1) is 17.5 Å². The SMILES string of the molecule is O=C(CN1C(=O)COc2ccc(C(=O)COc3ccc(F)c(F)c3)cc21)NCc1ccc(F)cc1. The molecule has 7 nitrogen and oxygen atoms in total. The summed E-state index contributed by atoms with van der Waals surface area (Å²) in [5.41, 5.74) is 1.08. The average molecular weight is 484 g/mol. The number of fused-ring (bicyclic) bond motifs is 1. The summed E-state index contributed by atoms with van der Waals surface area (Å²) in [4.78, 5) is 38.7. The van der Waals surface area contributed by atoms with Gasteiger partial charge in [-0.2, -0.15) is 0 Å². The average Bonchev–Trinajstić information content (AvgIpc) is 2.85. The first-order chi connectivity index (χ1) is 16.8. The van der Waals surface area contributed by atoms with Gasteiger partial charge in [0, 0.05) is 18.2 Å². The molecule has 0 fully saturated rings. The highest BCUT2D eigenvalue weighted by Gasteiger charge is 2.28. The predicted octanol–water partition coefficient (Wildman–Crippen LogP) is 3.41. The Kier molecular flexibility index (Phi) is 7.00. The van der Waals surface area contributed by atoms with Gasteiger partial charge in [0.2, 0.25) is 5.91 Å². The molecule has 1 aliphatic heterocycles. The van der Waals surface area contributed by atoms with Crippen molar-refractivity contribution in [3.63, 3.8) is 0 Å². The topological polar surface area (TPSA) is 84.9 Å². The number of Topliss-reactive ketones (excluding diaryl/α,β-unsaturated/α-hetero) is 1. The van der Waals surface area contributed by atoms with Crippen LogP contribution in [0.1, 0.15) is 15.9 Å². The van der Waals surface area contributed by atoms with Crippen LogP contribution in [0.3, 0.4) is 0 Å². The molecule has 180 valence electrons. The minimum absolute atomic E-state index is 0.0202. The number of ketones is 1. The number of amides is 2. The normalized spacial score (nSPS) is 12.5. The summed E-state index contributed by atoms with van der Waals surface area (Å²) in [6.45, 7) is -0.911. The molecule has 0 bridgehead atoms. The Bertz CT molecular complexity index is 1280. The lowest BCUT2D eigenvalue weighted by Crippen LogP contribution is -2.45. The van der Waals surface area contributed by atoms with Gasteiger partial charge in [-0.25, -0.2) is 13.2 Å². The highest BCUT2D eigenvalue weighted by Crippen LogP contribution is 2.33. The van der Waals surface area contributed by atoms with Crippen LogP contribution >= 0.6 is 0 Å². The molecule has 0 saturated heterocycles. The van der Waals surface area contributed by atoms with Gasteiger partial charge in [-0.15, -0.1) is 0 Å². The van der Waals surface area contributed by atoms with Crippen molar-refractivity contribution in [1.82, 2.24) is 5.32 Å². The molecular formula is C25H19F3N2O5. The van der Waals surface area contributed by atoms with Crippen molar-refractivity contribution in [2.24, 2.45) is 0 Å². The Balaban J connectivity index is 1.43. The molecule has 1 N–H and O–H groups in total. The number of anilines is 1. The molecule has 0 aliphatic carbocycles. The zero-order valence-corrected chi connectivity index (χ0v) is 18.2. The number of hydrogen-bond acceptors (Lipinski definition) is 5. The van der Waals surface area contributed by atoms with E-state index in [2.05, 4.69) is 5.32 Å². The molecule has 2 amide bonds. The smallest absolute Gasteiger partial charge is 0.265 e. The number of benzene rings is 3. The van der Waals surface area contributed by atoms with Gasteiger partial charge in [0.1, 0.15) is 23.9 Å². The van der Waals surface area contributed by atoms with E-state index in [0.717, 1.165) is 12.1 Å². The molecule has 1 heterocycles. The van der Waals surface area contributed by atoms with E-state index < -0.39 is 41.7 Å². The minimum Gasteiger partial charge on any atom is -0.485 e. The van der Waals surface area contributed by atoms with E-state index in [-0.39, 0.29) is 36.7 Å². The molecule has 3 aromatic carbocycles. The molecule has 35 heavy (non-hydrogen) atoms. The Labute approximate surface area is 198 Å². The summed E-state index contributed by atoms with van der Waals surface area (Å²) in [7, 11) is 0. The fourth-order valence-corrected chi connectivity index (χ4v) is 3.35. The van der Waals surface area contributed by atoms with Gasteiger partial charge >= 0.3 is 0 Å². The number of halogens is 3. The summed E-state index contributed by atoms with van der Waals surface area (Å²) < 4.78 is 50.0. The number of ether oxygens (including phenoxy) is 2. The van der Waals surface area contributed by atoms with E-state index in [4.69, 9.17) is 9.47 Å². The van der Waals surface area contributed by atoms with Crippen molar-refractivity contribution < 1.29 is 37.0 Å². The molecule has 3 aromatic rings. The van der Waals surface area contributed by atoms with Crippen LogP contribution in [0.25, 0.3) is 0 Å². The fraction of sp³-hybridized carbons (Fsp3) is 0.160. The molecule has 1 aliphatic rings. The number of nitrogens with one attached hydrogen (secondary N) is 1. The van der Waals surface area contributed by atoms with Crippen molar-refractivity contribution in [3.05, 3.63) is 89.2 Å². The van der Waals surface area contributed by atoms with E-state index in [9.17, 15) is 27.6 Å². The molecular weight excluding hydrogens is 465 g/mol. The molecule has 0 unspecified atom stereocenters. The number of carbonyl (C=O) groups excluding carboxylic acids is 3. The molecule has 0 atom stereocenters. The number of nitrogens with zero attached hydrogens (tertiary/aromatic N) is 1. The maximum Gasteiger partial charge on any atom is 0.265 e. The third-order valence-corrected chi connectivity index (χ3v) is 5.19. The summed E-state index contributed by atoms with van der Waals surface area (Å²) in [5.74, 6) is -3.67. The lowest BCUT2D eigenvalue weighted by Gasteiger charge is -2.29. The zero-order chi connectivity index (χ0) is 24.9.